The molecule has 2 aromatic rings. The van der Waals surface area contributed by atoms with Gasteiger partial charge in [-0.15, -0.1) is 0 Å². The molecular formula is C16H24N6O. The largest absolute Gasteiger partial charge is 0.378 e. The predicted octanol–water partition coefficient (Wildman–Crippen LogP) is 1.78. The Hall–Kier alpha value is -2.15. The quantitative estimate of drug-likeness (QED) is 0.907. The second-order valence-corrected chi connectivity index (χ2v) is 6.01. The fourth-order valence-corrected chi connectivity index (χ4v) is 2.95. The topological polar surface area (TPSA) is 68.1 Å². The summed E-state index contributed by atoms with van der Waals surface area (Å²) in [5.74, 6) is 2.32. The van der Waals surface area contributed by atoms with E-state index in [1.807, 2.05) is 11.7 Å². The minimum Gasteiger partial charge on any atom is -0.378 e. The molecule has 7 heteroatoms. The molecule has 1 saturated heterocycles. The number of morpholine rings is 1. The molecule has 3 heterocycles. The van der Waals surface area contributed by atoms with E-state index in [9.17, 15) is 0 Å². The summed E-state index contributed by atoms with van der Waals surface area (Å²) >= 11 is 0. The van der Waals surface area contributed by atoms with Crippen molar-refractivity contribution in [2.75, 3.05) is 36.5 Å². The maximum atomic E-state index is 5.48. The van der Waals surface area contributed by atoms with Gasteiger partial charge in [-0.3, -0.25) is 9.67 Å². The van der Waals surface area contributed by atoms with Gasteiger partial charge < -0.3 is 15.0 Å². The molecule has 0 amide bonds. The first-order valence-electron chi connectivity index (χ1n) is 8.05. The van der Waals surface area contributed by atoms with E-state index in [1.54, 1.807) is 18.6 Å². The van der Waals surface area contributed by atoms with Crippen molar-refractivity contribution in [1.29, 1.82) is 0 Å². The van der Waals surface area contributed by atoms with Gasteiger partial charge in [-0.25, -0.2) is 4.98 Å². The zero-order valence-electron chi connectivity index (χ0n) is 14.0. The van der Waals surface area contributed by atoms with Gasteiger partial charge in [-0.1, -0.05) is 13.8 Å². The van der Waals surface area contributed by atoms with Gasteiger partial charge in [0.2, 0.25) is 0 Å². The lowest BCUT2D eigenvalue weighted by Gasteiger charge is -2.29. The third-order valence-electron chi connectivity index (χ3n) is 4.01. The SMILES string of the molecule is CC(C)c1nn(C)c(N2CCOCC2)c1CNc1cnccn1. The highest BCUT2D eigenvalue weighted by molar-refractivity contribution is 5.53. The molecule has 3 rings (SSSR count). The Morgan fingerprint density at radius 2 is 2.04 bits per heavy atom. The number of nitrogens with zero attached hydrogens (tertiary/aromatic N) is 5. The zero-order chi connectivity index (χ0) is 16.2. The molecule has 0 saturated carbocycles. The van der Waals surface area contributed by atoms with Gasteiger partial charge >= 0.3 is 0 Å². The molecule has 0 spiro atoms. The lowest BCUT2D eigenvalue weighted by molar-refractivity contribution is 0.122. The number of rotatable bonds is 5. The van der Waals surface area contributed by atoms with E-state index in [1.165, 1.54) is 11.4 Å². The van der Waals surface area contributed by atoms with Crippen LogP contribution in [0.1, 0.15) is 31.0 Å². The fraction of sp³-hybridized carbons (Fsp3) is 0.562. The maximum absolute atomic E-state index is 5.48. The minimum absolute atomic E-state index is 0.370. The summed E-state index contributed by atoms with van der Waals surface area (Å²) in [4.78, 5) is 10.7. The van der Waals surface area contributed by atoms with Crippen molar-refractivity contribution in [2.45, 2.75) is 26.3 Å². The first kappa shape index (κ1) is 15.7. The standard InChI is InChI=1S/C16H24N6O/c1-12(2)15-13(10-19-14-11-17-4-5-18-14)16(21(3)20-15)22-6-8-23-9-7-22/h4-5,11-12H,6-10H2,1-3H3,(H,18,19). The molecule has 0 bridgehead atoms. The van der Waals surface area contributed by atoms with Crippen LogP contribution >= 0.6 is 0 Å². The van der Waals surface area contributed by atoms with Gasteiger partial charge in [0, 0.05) is 44.6 Å². The van der Waals surface area contributed by atoms with Crippen LogP contribution in [0.2, 0.25) is 0 Å². The molecule has 1 fully saturated rings. The molecular weight excluding hydrogens is 292 g/mol. The predicted molar refractivity (Wildman–Crippen MR) is 89.7 cm³/mol. The monoisotopic (exact) mass is 316 g/mol. The highest BCUT2D eigenvalue weighted by Crippen LogP contribution is 2.29. The highest BCUT2D eigenvalue weighted by atomic mass is 16.5. The number of hydrogen-bond acceptors (Lipinski definition) is 6. The molecule has 7 nitrogen and oxygen atoms in total. The van der Waals surface area contributed by atoms with Crippen molar-refractivity contribution in [1.82, 2.24) is 19.7 Å². The molecule has 124 valence electrons. The van der Waals surface area contributed by atoms with Gasteiger partial charge in [-0.2, -0.15) is 5.10 Å². The number of nitrogens with one attached hydrogen (secondary N) is 1. The molecule has 0 radical (unpaired) electrons. The smallest absolute Gasteiger partial charge is 0.144 e. The number of anilines is 2. The number of aromatic nitrogens is 4. The van der Waals surface area contributed by atoms with Crippen LogP contribution in [0.25, 0.3) is 0 Å². The lowest BCUT2D eigenvalue weighted by atomic mass is 10.1. The van der Waals surface area contributed by atoms with E-state index in [0.29, 0.717) is 12.5 Å². The maximum Gasteiger partial charge on any atom is 0.144 e. The molecule has 2 aromatic heterocycles. The van der Waals surface area contributed by atoms with Crippen LogP contribution in [0.5, 0.6) is 0 Å². The first-order valence-corrected chi connectivity index (χ1v) is 8.05. The van der Waals surface area contributed by atoms with E-state index >= 15 is 0 Å². The summed E-state index contributed by atoms with van der Waals surface area (Å²) in [6.07, 6.45) is 5.10. The first-order chi connectivity index (χ1) is 11.2. The van der Waals surface area contributed by atoms with E-state index < -0.39 is 0 Å². The third kappa shape index (κ3) is 3.44. The molecule has 1 aliphatic heterocycles. The van der Waals surface area contributed by atoms with Gasteiger partial charge in [0.1, 0.15) is 11.6 Å². The summed E-state index contributed by atoms with van der Waals surface area (Å²) in [5.41, 5.74) is 2.36. The van der Waals surface area contributed by atoms with Gasteiger partial charge in [0.05, 0.1) is 25.1 Å². The molecule has 23 heavy (non-hydrogen) atoms. The summed E-state index contributed by atoms with van der Waals surface area (Å²) in [6.45, 7) is 8.37. The Bertz CT molecular complexity index is 634. The van der Waals surface area contributed by atoms with Crippen molar-refractivity contribution < 1.29 is 4.74 Å². The van der Waals surface area contributed by atoms with Crippen LogP contribution < -0.4 is 10.2 Å². The number of aryl methyl sites for hydroxylation is 1. The van der Waals surface area contributed by atoms with Crippen LogP contribution in [0.15, 0.2) is 18.6 Å². The summed E-state index contributed by atoms with van der Waals surface area (Å²) in [5, 5.41) is 8.12. The van der Waals surface area contributed by atoms with Crippen molar-refractivity contribution in [2.24, 2.45) is 7.05 Å². The van der Waals surface area contributed by atoms with Gasteiger partial charge in [0.25, 0.3) is 0 Å². The second-order valence-electron chi connectivity index (χ2n) is 6.01. The second kappa shape index (κ2) is 6.95. The van der Waals surface area contributed by atoms with Crippen molar-refractivity contribution in [3.8, 4) is 0 Å². The molecule has 1 aliphatic rings. The average molecular weight is 316 g/mol. The van der Waals surface area contributed by atoms with Gasteiger partial charge in [0.15, 0.2) is 0 Å². The van der Waals surface area contributed by atoms with Crippen LogP contribution in [0.3, 0.4) is 0 Å². The van der Waals surface area contributed by atoms with Crippen molar-refractivity contribution >= 4 is 11.6 Å². The molecule has 0 aromatic carbocycles. The van der Waals surface area contributed by atoms with Crippen LogP contribution in [0, 0.1) is 0 Å². The van der Waals surface area contributed by atoms with E-state index in [-0.39, 0.29) is 0 Å². The normalized spacial score (nSPS) is 15.2. The zero-order valence-corrected chi connectivity index (χ0v) is 14.0. The van der Waals surface area contributed by atoms with E-state index in [2.05, 4.69) is 34.0 Å². The molecule has 0 aliphatic carbocycles. The van der Waals surface area contributed by atoms with Crippen molar-refractivity contribution in [3.05, 3.63) is 29.8 Å². The molecule has 0 atom stereocenters. The Morgan fingerprint density at radius 1 is 1.26 bits per heavy atom. The highest BCUT2D eigenvalue weighted by Gasteiger charge is 2.24. The van der Waals surface area contributed by atoms with Crippen LogP contribution in [-0.4, -0.2) is 46.1 Å². The van der Waals surface area contributed by atoms with Crippen molar-refractivity contribution in [3.63, 3.8) is 0 Å². The third-order valence-corrected chi connectivity index (χ3v) is 4.01. The number of hydrogen-bond donors (Lipinski definition) is 1. The van der Waals surface area contributed by atoms with Crippen LogP contribution in [0.4, 0.5) is 11.6 Å². The lowest BCUT2D eigenvalue weighted by Crippen LogP contribution is -2.38. The average Bonchev–Trinajstić information content (AvgIpc) is 2.91. The Kier molecular flexibility index (Phi) is 4.76. The number of ether oxygens (including phenoxy) is 1. The molecule has 1 N–H and O–H groups in total. The van der Waals surface area contributed by atoms with E-state index in [0.717, 1.165) is 37.8 Å². The summed E-state index contributed by atoms with van der Waals surface area (Å²) < 4.78 is 7.47. The summed E-state index contributed by atoms with van der Waals surface area (Å²) in [7, 11) is 2.02. The minimum atomic E-state index is 0.370. The Labute approximate surface area is 136 Å². The van der Waals surface area contributed by atoms with Gasteiger partial charge in [-0.05, 0) is 5.92 Å². The Morgan fingerprint density at radius 3 is 2.70 bits per heavy atom. The fourth-order valence-electron chi connectivity index (χ4n) is 2.95. The summed E-state index contributed by atoms with van der Waals surface area (Å²) in [6, 6.07) is 0. The van der Waals surface area contributed by atoms with E-state index in [4.69, 9.17) is 9.84 Å². The van der Waals surface area contributed by atoms with Crippen LogP contribution in [-0.2, 0) is 18.3 Å². The Balaban J connectivity index is 1.88. The molecule has 0 unspecified atom stereocenters.